The molecule has 4 amide bonds. The normalized spacial score (nSPS) is 15.3. The van der Waals surface area contributed by atoms with Crippen molar-refractivity contribution in [2.75, 3.05) is 11.5 Å². The van der Waals surface area contributed by atoms with E-state index in [9.17, 15) is 14.4 Å². The molecule has 146 valence electrons. The van der Waals surface area contributed by atoms with Crippen LogP contribution in [0.1, 0.15) is 16.7 Å². The fourth-order valence-corrected chi connectivity index (χ4v) is 3.17. The lowest BCUT2D eigenvalue weighted by Crippen LogP contribution is -2.54. The molecule has 0 unspecified atom stereocenters. The largest absolute Gasteiger partial charge is 0.480 e. The molecule has 2 aromatic carbocycles. The Bertz CT molecular complexity index is 1100. The SMILES string of the molecule is C#CCOc1ccc(Br)cc1/C=C1\C(=O)NC(=O)N(c2ccc(C)c(C)c2)C1=O. The molecule has 0 aromatic heterocycles. The maximum atomic E-state index is 13.0. The van der Waals surface area contributed by atoms with Gasteiger partial charge in [0.2, 0.25) is 0 Å². The van der Waals surface area contributed by atoms with E-state index < -0.39 is 17.8 Å². The number of terminal acetylenes is 1. The fraction of sp³-hybridized carbons (Fsp3) is 0.136. The summed E-state index contributed by atoms with van der Waals surface area (Å²) < 4.78 is 6.21. The molecule has 0 radical (unpaired) electrons. The van der Waals surface area contributed by atoms with Crippen LogP contribution < -0.4 is 15.0 Å². The van der Waals surface area contributed by atoms with E-state index in [2.05, 4.69) is 27.2 Å². The number of aryl methyl sites for hydroxylation is 2. The second-order valence-corrected chi connectivity index (χ2v) is 7.32. The molecule has 1 heterocycles. The van der Waals surface area contributed by atoms with Crippen molar-refractivity contribution in [2.45, 2.75) is 13.8 Å². The van der Waals surface area contributed by atoms with E-state index in [0.717, 1.165) is 20.5 Å². The molecule has 0 spiro atoms. The van der Waals surface area contributed by atoms with E-state index in [4.69, 9.17) is 11.2 Å². The Labute approximate surface area is 176 Å². The smallest absolute Gasteiger partial charge is 0.335 e. The highest BCUT2D eigenvalue weighted by Crippen LogP contribution is 2.28. The van der Waals surface area contributed by atoms with Gasteiger partial charge in [-0.15, -0.1) is 6.42 Å². The van der Waals surface area contributed by atoms with Gasteiger partial charge in [0, 0.05) is 10.0 Å². The zero-order valence-electron chi connectivity index (χ0n) is 15.8. The standard InChI is InChI=1S/C22H17BrN2O4/c1-4-9-29-19-8-6-16(23)11-15(19)12-18-20(26)24-22(28)25(21(18)27)17-7-5-13(2)14(3)10-17/h1,5-8,10-12H,9H2,2-3H3,(H,24,26,28)/b18-12+. The predicted molar refractivity (Wildman–Crippen MR) is 113 cm³/mol. The van der Waals surface area contributed by atoms with Gasteiger partial charge in [-0.25, -0.2) is 9.69 Å². The first-order valence-electron chi connectivity index (χ1n) is 8.66. The minimum absolute atomic E-state index is 0.0329. The first-order valence-corrected chi connectivity index (χ1v) is 9.45. The average molecular weight is 453 g/mol. The van der Waals surface area contributed by atoms with Gasteiger partial charge in [-0.3, -0.25) is 14.9 Å². The van der Waals surface area contributed by atoms with Gasteiger partial charge in [-0.1, -0.05) is 27.9 Å². The van der Waals surface area contributed by atoms with Gasteiger partial charge in [-0.05, 0) is 61.4 Å². The summed E-state index contributed by atoms with van der Waals surface area (Å²) >= 11 is 3.36. The summed E-state index contributed by atoms with van der Waals surface area (Å²) in [5.41, 5.74) is 2.61. The van der Waals surface area contributed by atoms with Gasteiger partial charge in [0.15, 0.2) is 0 Å². The lowest BCUT2D eigenvalue weighted by molar-refractivity contribution is -0.122. The number of barbiturate groups is 1. The van der Waals surface area contributed by atoms with E-state index in [0.29, 0.717) is 17.0 Å². The van der Waals surface area contributed by atoms with Crippen LogP contribution in [0.5, 0.6) is 5.75 Å². The van der Waals surface area contributed by atoms with E-state index in [1.165, 1.54) is 6.08 Å². The number of hydrogen-bond donors (Lipinski definition) is 1. The summed E-state index contributed by atoms with van der Waals surface area (Å²) in [5, 5.41) is 2.21. The lowest BCUT2D eigenvalue weighted by atomic mass is 10.0. The average Bonchev–Trinajstić information content (AvgIpc) is 2.67. The minimum atomic E-state index is -0.793. The Morgan fingerprint density at radius 2 is 1.90 bits per heavy atom. The van der Waals surface area contributed by atoms with Crippen molar-refractivity contribution in [3.8, 4) is 18.1 Å². The van der Waals surface area contributed by atoms with Crippen molar-refractivity contribution < 1.29 is 19.1 Å². The molecule has 1 N–H and O–H groups in total. The molecule has 7 heteroatoms. The number of hydrogen-bond acceptors (Lipinski definition) is 4. The van der Waals surface area contributed by atoms with Crippen molar-refractivity contribution in [3.05, 3.63) is 63.1 Å². The summed E-state index contributed by atoms with van der Waals surface area (Å²) in [6.07, 6.45) is 6.63. The first-order chi connectivity index (χ1) is 13.8. The maximum absolute atomic E-state index is 13.0. The Balaban J connectivity index is 2.05. The number of nitrogens with one attached hydrogen (secondary N) is 1. The zero-order valence-corrected chi connectivity index (χ0v) is 17.4. The number of carbonyl (C=O) groups is 3. The number of benzene rings is 2. The van der Waals surface area contributed by atoms with Gasteiger partial charge in [0.05, 0.1) is 5.69 Å². The molecule has 2 aromatic rings. The van der Waals surface area contributed by atoms with Gasteiger partial charge in [0.1, 0.15) is 17.9 Å². The molecule has 1 fully saturated rings. The first kappa shape index (κ1) is 20.4. The summed E-state index contributed by atoms with van der Waals surface area (Å²) in [4.78, 5) is 38.8. The van der Waals surface area contributed by atoms with Gasteiger partial charge >= 0.3 is 6.03 Å². The van der Waals surface area contributed by atoms with Crippen LogP contribution >= 0.6 is 15.9 Å². The van der Waals surface area contributed by atoms with Crippen molar-refractivity contribution in [1.29, 1.82) is 0 Å². The van der Waals surface area contributed by atoms with E-state index in [1.54, 1.807) is 30.3 Å². The highest BCUT2D eigenvalue weighted by Gasteiger charge is 2.37. The van der Waals surface area contributed by atoms with Crippen LogP contribution in [0.25, 0.3) is 6.08 Å². The number of anilines is 1. The molecule has 0 aliphatic carbocycles. The lowest BCUT2D eigenvalue weighted by Gasteiger charge is -2.27. The summed E-state index contributed by atoms with van der Waals surface area (Å²) in [7, 11) is 0. The molecule has 1 saturated heterocycles. The summed E-state index contributed by atoms with van der Waals surface area (Å²) in [6.45, 7) is 3.84. The number of imide groups is 2. The molecular formula is C22H17BrN2O4. The molecule has 29 heavy (non-hydrogen) atoms. The maximum Gasteiger partial charge on any atom is 0.335 e. The van der Waals surface area contributed by atoms with E-state index in [-0.39, 0.29) is 12.2 Å². The second-order valence-electron chi connectivity index (χ2n) is 6.40. The van der Waals surface area contributed by atoms with Crippen molar-refractivity contribution in [3.63, 3.8) is 0 Å². The number of nitrogens with zero attached hydrogens (tertiary/aromatic N) is 1. The summed E-state index contributed by atoms with van der Waals surface area (Å²) in [6, 6.07) is 9.52. The molecule has 1 aliphatic rings. The monoisotopic (exact) mass is 452 g/mol. The highest BCUT2D eigenvalue weighted by molar-refractivity contribution is 9.10. The molecular weight excluding hydrogens is 436 g/mol. The fourth-order valence-electron chi connectivity index (χ4n) is 2.80. The number of urea groups is 1. The Kier molecular flexibility index (Phi) is 5.85. The highest BCUT2D eigenvalue weighted by atomic mass is 79.9. The van der Waals surface area contributed by atoms with Crippen LogP contribution in [-0.2, 0) is 9.59 Å². The van der Waals surface area contributed by atoms with E-state index >= 15 is 0 Å². The molecule has 0 saturated carbocycles. The molecule has 3 rings (SSSR count). The number of carbonyl (C=O) groups excluding carboxylic acids is 3. The molecule has 0 atom stereocenters. The summed E-state index contributed by atoms with van der Waals surface area (Å²) in [5.74, 6) is 1.29. The van der Waals surface area contributed by atoms with Crippen LogP contribution in [0.4, 0.5) is 10.5 Å². The van der Waals surface area contributed by atoms with Crippen molar-refractivity contribution in [2.24, 2.45) is 0 Å². The predicted octanol–water partition coefficient (Wildman–Crippen LogP) is 3.74. The van der Waals surface area contributed by atoms with Crippen molar-refractivity contribution in [1.82, 2.24) is 5.32 Å². The quantitative estimate of drug-likeness (QED) is 0.435. The Morgan fingerprint density at radius 3 is 2.59 bits per heavy atom. The number of ether oxygens (including phenoxy) is 1. The number of halogens is 1. The Morgan fingerprint density at radius 1 is 1.14 bits per heavy atom. The third kappa shape index (κ3) is 4.23. The van der Waals surface area contributed by atoms with Crippen LogP contribution in [0.2, 0.25) is 0 Å². The van der Waals surface area contributed by atoms with Crippen molar-refractivity contribution >= 4 is 45.5 Å². The van der Waals surface area contributed by atoms with Crippen LogP contribution in [0.15, 0.2) is 46.4 Å². The number of rotatable bonds is 4. The minimum Gasteiger partial charge on any atom is -0.480 e. The molecule has 1 aliphatic heterocycles. The van der Waals surface area contributed by atoms with Gasteiger partial charge in [-0.2, -0.15) is 0 Å². The molecule has 6 nitrogen and oxygen atoms in total. The van der Waals surface area contributed by atoms with Crippen LogP contribution in [-0.4, -0.2) is 24.5 Å². The van der Waals surface area contributed by atoms with Gasteiger partial charge in [0.25, 0.3) is 11.8 Å². The zero-order chi connectivity index (χ0) is 21.1. The third-order valence-electron chi connectivity index (χ3n) is 4.43. The Hall–Kier alpha value is -3.37. The molecule has 0 bridgehead atoms. The van der Waals surface area contributed by atoms with Gasteiger partial charge < -0.3 is 4.74 Å². The third-order valence-corrected chi connectivity index (χ3v) is 4.93. The van der Waals surface area contributed by atoms with E-state index in [1.807, 2.05) is 19.9 Å². The van der Waals surface area contributed by atoms with Crippen LogP contribution in [0, 0.1) is 26.2 Å². The second kappa shape index (κ2) is 8.33. The van der Waals surface area contributed by atoms with Crippen LogP contribution in [0.3, 0.4) is 0 Å². The topological polar surface area (TPSA) is 75.7 Å². The number of amides is 4.